The van der Waals surface area contributed by atoms with Crippen LogP contribution in [-0.2, 0) is 0 Å². The number of aromatic carboxylic acids is 1. The highest BCUT2D eigenvalue weighted by Crippen LogP contribution is 2.12. The van der Waals surface area contributed by atoms with Crippen LogP contribution in [0.15, 0.2) is 30.6 Å². The third-order valence-electron chi connectivity index (χ3n) is 2.62. The minimum absolute atomic E-state index is 0.0802. The van der Waals surface area contributed by atoms with Gasteiger partial charge in [-0.2, -0.15) is 0 Å². The lowest BCUT2D eigenvalue weighted by Crippen LogP contribution is -2.16. The van der Waals surface area contributed by atoms with E-state index < -0.39 is 11.9 Å². The van der Waals surface area contributed by atoms with E-state index >= 15 is 0 Å². The fourth-order valence-corrected chi connectivity index (χ4v) is 1.61. The number of amides is 1. The first-order valence-corrected chi connectivity index (χ1v) is 5.68. The Bertz CT molecular complexity index is 673. The summed E-state index contributed by atoms with van der Waals surface area (Å²) in [4.78, 5) is 39.9. The van der Waals surface area contributed by atoms with Gasteiger partial charge in [-0.15, -0.1) is 0 Å². The van der Waals surface area contributed by atoms with Crippen LogP contribution in [0.25, 0.3) is 0 Å². The predicted molar refractivity (Wildman–Crippen MR) is 69.9 cm³/mol. The Kier molecular flexibility index (Phi) is 3.60. The molecule has 102 valence electrons. The second-order valence-corrected chi connectivity index (χ2v) is 4.02. The minimum atomic E-state index is -1.26. The number of H-pyrrole nitrogens is 1. The quantitative estimate of drug-likeness (QED) is 0.732. The summed E-state index contributed by atoms with van der Waals surface area (Å²) in [5.41, 5.74) is 0.490. The molecule has 0 radical (unpaired) electrons. The van der Waals surface area contributed by atoms with Gasteiger partial charge in [0.05, 0.1) is 6.33 Å². The summed E-state index contributed by atoms with van der Waals surface area (Å²) in [6.07, 6.45) is 1.14. The van der Waals surface area contributed by atoms with Crippen LogP contribution in [0.1, 0.15) is 38.3 Å². The summed E-state index contributed by atoms with van der Waals surface area (Å²) in [5.74, 6) is -1.98. The van der Waals surface area contributed by atoms with Gasteiger partial charge < -0.3 is 15.4 Å². The first-order chi connectivity index (χ1) is 9.49. The number of aromatic amines is 1. The van der Waals surface area contributed by atoms with Crippen LogP contribution in [0.5, 0.6) is 0 Å². The molecule has 0 atom stereocenters. The van der Waals surface area contributed by atoms with Gasteiger partial charge in [-0.05, 0) is 31.2 Å². The lowest BCUT2D eigenvalue weighted by atomic mass is 10.1. The van der Waals surface area contributed by atoms with Crippen LogP contribution in [0.2, 0.25) is 0 Å². The molecule has 3 N–H and O–H groups in total. The standard InChI is InChI=1S/C13H11N3O4/c1-7(17)8-2-4-9(5-3-8)16-12(18)10-11(13(19)20)15-6-14-10/h2-6H,1H3,(H,14,15)(H,16,18)(H,19,20). The third kappa shape index (κ3) is 2.72. The number of rotatable bonds is 4. The van der Waals surface area contributed by atoms with Gasteiger partial charge in [-0.3, -0.25) is 9.59 Å². The number of carbonyl (C=O) groups is 3. The zero-order valence-electron chi connectivity index (χ0n) is 10.5. The van der Waals surface area contributed by atoms with Gasteiger partial charge in [0.25, 0.3) is 5.91 Å². The van der Waals surface area contributed by atoms with Gasteiger partial charge in [0.1, 0.15) is 0 Å². The molecule has 2 aromatic rings. The van der Waals surface area contributed by atoms with Crippen molar-refractivity contribution in [3.63, 3.8) is 0 Å². The Morgan fingerprint density at radius 2 is 1.85 bits per heavy atom. The van der Waals surface area contributed by atoms with Crippen molar-refractivity contribution in [3.05, 3.63) is 47.5 Å². The fourth-order valence-electron chi connectivity index (χ4n) is 1.61. The molecule has 0 aliphatic carbocycles. The number of ketones is 1. The maximum absolute atomic E-state index is 11.9. The van der Waals surface area contributed by atoms with E-state index in [1.165, 1.54) is 6.92 Å². The molecular formula is C13H11N3O4. The number of Topliss-reactive ketones (excluding diaryl/α,β-unsaturated/α-hetero) is 1. The molecule has 0 fully saturated rings. The number of carboxylic acids is 1. The van der Waals surface area contributed by atoms with Crippen LogP contribution in [0.4, 0.5) is 5.69 Å². The molecule has 2 rings (SSSR count). The number of hydrogen-bond acceptors (Lipinski definition) is 4. The van der Waals surface area contributed by atoms with Gasteiger partial charge in [-0.25, -0.2) is 9.78 Å². The molecule has 20 heavy (non-hydrogen) atoms. The largest absolute Gasteiger partial charge is 0.477 e. The number of benzene rings is 1. The number of aromatic nitrogens is 2. The number of nitrogens with zero attached hydrogens (tertiary/aromatic N) is 1. The van der Waals surface area contributed by atoms with E-state index in [4.69, 9.17) is 5.11 Å². The number of imidazole rings is 1. The summed E-state index contributed by atoms with van der Waals surface area (Å²) >= 11 is 0. The topological polar surface area (TPSA) is 112 Å². The first kappa shape index (κ1) is 13.5. The van der Waals surface area contributed by atoms with E-state index in [1.54, 1.807) is 24.3 Å². The molecule has 1 aromatic heterocycles. The van der Waals surface area contributed by atoms with Crippen LogP contribution in [0.3, 0.4) is 0 Å². The molecule has 0 spiro atoms. The van der Waals surface area contributed by atoms with Crippen LogP contribution < -0.4 is 5.32 Å². The lowest BCUT2D eigenvalue weighted by molar-refractivity contribution is 0.0686. The summed E-state index contributed by atoms with van der Waals surface area (Å²) in [5, 5.41) is 11.4. The van der Waals surface area contributed by atoms with Crippen molar-refractivity contribution in [2.24, 2.45) is 0 Å². The molecule has 7 nitrogen and oxygen atoms in total. The maximum atomic E-state index is 11.9. The minimum Gasteiger partial charge on any atom is -0.477 e. The highest BCUT2D eigenvalue weighted by atomic mass is 16.4. The van der Waals surface area contributed by atoms with Crippen molar-refractivity contribution in [1.29, 1.82) is 0 Å². The van der Waals surface area contributed by atoms with E-state index in [0.717, 1.165) is 6.33 Å². The van der Waals surface area contributed by atoms with Crippen molar-refractivity contribution >= 4 is 23.3 Å². The van der Waals surface area contributed by atoms with Crippen LogP contribution in [0, 0.1) is 0 Å². The Labute approximate surface area is 113 Å². The number of anilines is 1. The van der Waals surface area contributed by atoms with E-state index in [9.17, 15) is 14.4 Å². The van der Waals surface area contributed by atoms with Crippen LogP contribution in [-0.4, -0.2) is 32.7 Å². The molecule has 0 unspecified atom stereocenters. The van der Waals surface area contributed by atoms with Crippen molar-refractivity contribution < 1.29 is 19.5 Å². The van der Waals surface area contributed by atoms with Crippen molar-refractivity contribution in [3.8, 4) is 0 Å². The summed E-state index contributed by atoms with van der Waals surface area (Å²) < 4.78 is 0. The SMILES string of the molecule is CC(=O)c1ccc(NC(=O)c2nc[nH]c2C(=O)O)cc1. The van der Waals surface area contributed by atoms with Crippen LogP contribution >= 0.6 is 0 Å². The zero-order chi connectivity index (χ0) is 14.7. The van der Waals surface area contributed by atoms with Gasteiger partial charge in [0, 0.05) is 11.3 Å². The Balaban J connectivity index is 2.17. The second-order valence-electron chi connectivity index (χ2n) is 4.02. The molecule has 1 aromatic carbocycles. The number of hydrogen-bond donors (Lipinski definition) is 3. The summed E-state index contributed by atoms with van der Waals surface area (Å²) in [6.45, 7) is 1.44. The van der Waals surface area contributed by atoms with E-state index in [0.29, 0.717) is 11.3 Å². The molecule has 0 saturated carbocycles. The fraction of sp³-hybridized carbons (Fsp3) is 0.0769. The predicted octanol–water partition coefficient (Wildman–Crippen LogP) is 1.56. The Hall–Kier alpha value is -2.96. The molecule has 7 heteroatoms. The third-order valence-corrected chi connectivity index (χ3v) is 2.62. The first-order valence-electron chi connectivity index (χ1n) is 5.68. The molecule has 1 heterocycles. The molecule has 0 saturated heterocycles. The van der Waals surface area contributed by atoms with Gasteiger partial charge in [0.15, 0.2) is 17.2 Å². The van der Waals surface area contributed by atoms with E-state index in [-0.39, 0.29) is 17.2 Å². The Morgan fingerprint density at radius 1 is 1.20 bits per heavy atom. The summed E-state index contributed by atoms with van der Waals surface area (Å²) in [7, 11) is 0. The van der Waals surface area contributed by atoms with E-state index in [2.05, 4.69) is 15.3 Å². The van der Waals surface area contributed by atoms with Gasteiger partial charge in [-0.1, -0.05) is 0 Å². The number of nitrogens with one attached hydrogen (secondary N) is 2. The lowest BCUT2D eigenvalue weighted by Gasteiger charge is -2.04. The van der Waals surface area contributed by atoms with Crippen molar-refractivity contribution in [1.82, 2.24) is 9.97 Å². The zero-order valence-corrected chi connectivity index (χ0v) is 10.5. The second kappa shape index (κ2) is 5.35. The normalized spacial score (nSPS) is 10.1. The average molecular weight is 273 g/mol. The van der Waals surface area contributed by atoms with Gasteiger partial charge >= 0.3 is 5.97 Å². The van der Waals surface area contributed by atoms with Crippen molar-refractivity contribution in [2.75, 3.05) is 5.32 Å². The van der Waals surface area contributed by atoms with E-state index in [1.807, 2.05) is 0 Å². The molecule has 0 bridgehead atoms. The molecular weight excluding hydrogens is 262 g/mol. The molecule has 0 aliphatic rings. The average Bonchev–Trinajstić information content (AvgIpc) is 2.88. The monoisotopic (exact) mass is 273 g/mol. The maximum Gasteiger partial charge on any atom is 0.354 e. The highest BCUT2D eigenvalue weighted by molar-refractivity contribution is 6.08. The highest BCUT2D eigenvalue weighted by Gasteiger charge is 2.19. The van der Waals surface area contributed by atoms with Gasteiger partial charge in [0.2, 0.25) is 0 Å². The smallest absolute Gasteiger partial charge is 0.354 e. The van der Waals surface area contributed by atoms with Crippen molar-refractivity contribution in [2.45, 2.75) is 6.92 Å². The summed E-state index contributed by atoms with van der Waals surface area (Å²) in [6, 6.07) is 6.25. The number of carboxylic acid groups (broad SMARTS) is 1. The number of carbonyl (C=O) groups excluding carboxylic acids is 2. The Morgan fingerprint density at radius 3 is 2.40 bits per heavy atom. The molecule has 0 aliphatic heterocycles. The molecule has 1 amide bonds.